The first-order valence-electron chi connectivity index (χ1n) is 4.14. The molecule has 0 atom stereocenters. The van der Waals surface area contributed by atoms with E-state index >= 15 is 0 Å². The molecule has 0 N–H and O–H groups in total. The van der Waals surface area contributed by atoms with Crippen molar-refractivity contribution in [1.29, 1.82) is 0 Å². The number of allylic oxidation sites excluding steroid dienone is 1. The molecule has 0 aromatic heterocycles. The average molecular weight is 192 g/mol. The molecule has 74 valence electrons. The molecule has 1 aromatic carbocycles. The van der Waals surface area contributed by atoms with Crippen LogP contribution < -0.4 is 9.47 Å². The van der Waals surface area contributed by atoms with Crippen LogP contribution in [0.4, 0.5) is 0 Å². The van der Waals surface area contributed by atoms with Gasteiger partial charge in [-0.3, -0.25) is 4.79 Å². The topological polar surface area (TPSA) is 35.5 Å². The highest BCUT2D eigenvalue weighted by atomic mass is 16.5. The van der Waals surface area contributed by atoms with E-state index in [1.54, 1.807) is 32.2 Å². The van der Waals surface area contributed by atoms with Crippen molar-refractivity contribution in [3.05, 3.63) is 36.1 Å². The highest BCUT2D eigenvalue weighted by molar-refractivity contribution is 5.79. The fourth-order valence-electron chi connectivity index (χ4n) is 1.02. The van der Waals surface area contributed by atoms with Crippen LogP contribution in [0.15, 0.2) is 30.5 Å². The van der Waals surface area contributed by atoms with Crippen LogP contribution in [0.25, 0.3) is 0 Å². The second-order valence-corrected chi connectivity index (χ2v) is 2.83. The van der Waals surface area contributed by atoms with Gasteiger partial charge in [0, 0.05) is 6.07 Å². The van der Waals surface area contributed by atoms with Crippen molar-refractivity contribution in [1.82, 2.24) is 0 Å². The van der Waals surface area contributed by atoms with E-state index in [-0.39, 0.29) is 0 Å². The Balaban J connectivity index is 3.07. The van der Waals surface area contributed by atoms with Crippen molar-refractivity contribution < 1.29 is 14.3 Å². The van der Waals surface area contributed by atoms with Crippen LogP contribution in [0.5, 0.6) is 11.5 Å². The predicted octanol–water partition coefficient (Wildman–Crippen LogP) is 2.42. The molecule has 0 bridgehead atoms. The van der Waals surface area contributed by atoms with E-state index in [0.717, 1.165) is 6.29 Å². The van der Waals surface area contributed by atoms with Crippen LogP contribution in [0.2, 0.25) is 0 Å². The molecule has 1 rings (SSSR count). The Morgan fingerprint density at radius 1 is 1.50 bits per heavy atom. The zero-order valence-electron chi connectivity index (χ0n) is 8.24. The number of ether oxygens (including phenoxy) is 2. The zero-order chi connectivity index (χ0) is 10.6. The molecule has 0 aliphatic rings. The van der Waals surface area contributed by atoms with Crippen molar-refractivity contribution in [2.75, 3.05) is 7.11 Å². The molecule has 0 spiro atoms. The van der Waals surface area contributed by atoms with Crippen molar-refractivity contribution in [3.8, 4) is 11.5 Å². The molecule has 0 saturated heterocycles. The summed E-state index contributed by atoms with van der Waals surface area (Å²) < 4.78 is 10.3. The maximum Gasteiger partial charge on any atom is 0.153 e. The van der Waals surface area contributed by atoms with E-state index < -0.39 is 0 Å². The van der Waals surface area contributed by atoms with E-state index in [4.69, 9.17) is 9.47 Å². The van der Waals surface area contributed by atoms with E-state index in [9.17, 15) is 4.79 Å². The number of rotatable bonds is 4. The summed E-state index contributed by atoms with van der Waals surface area (Å²) in [4.78, 5) is 10.7. The molecule has 0 fully saturated rings. The highest BCUT2D eigenvalue weighted by Crippen LogP contribution is 2.24. The van der Waals surface area contributed by atoms with Gasteiger partial charge in [-0.05, 0) is 19.1 Å². The fourth-order valence-corrected chi connectivity index (χ4v) is 1.02. The minimum atomic E-state index is 0.465. The molecule has 0 radical (unpaired) electrons. The summed E-state index contributed by atoms with van der Waals surface area (Å²) in [5, 5.41) is 0. The summed E-state index contributed by atoms with van der Waals surface area (Å²) in [5.74, 6) is 1.64. The largest absolute Gasteiger partial charge is 0.497 e. The molecule has 3 heteroatoms. The molecule has 0 aliphatic heterocycles. The van der Waals surface area contributed by atoms with Crippen molar-refractivity contribution in [2.45, 2.75) is 6.92 Å². The van der Waals surface area contributed by atoms with Gasteiger partial charge >= 0.3 is 0 Å². The van der Waals surface area contributed by atoms with Gasteiger partial charge in [-0.25, -0.2) is 0 Å². The Bertz CT molecular complexity index is 356. The second-order valence-electron chi connectivity index (χ2n) is 2.83. The molecule has 1 aromatic rings. The maximum absolute atomic E-state index is 10.7. The lowest BCUT2D eigenvalue weighted by Gasteiger charge is -2.08. The first kappa shape index (κ1) is 10.3. The third-order valence-electron chi connectivity index (χ3n) is 1.63. The average Bonchev–Trinajstić information content (AvgIpc) is 2.16. The summed E-state index contributed by atoms with van der Waals surface area (Å²) in [6.45, 7) is 5.32. The van der Waals surface area contributed by atoms with E-state index in [0.29, 0.717) is 22.8 Å². The van der Waals surface area contributed by atoms with E-state index in [1.807, 2.05) is 0 Å². The van der Waals surface area contributed by atoms with Gasteiger partial charge in [0.15, 0.2) is 6.29 Å². The Morgan fingerprint density at radius 3 is 2.71 bits per heavy atom. The lowest BCUT2D eigenvalue weighted by atomic mass is 10.2. The first-order valence-corrected chi connectivity index (χ1v) is 4.14. The summed E-state index contributed by atoms with van der Waals surface area (Å²) >= 11 is 0. The number of carbonyl (C=O) groups is 1. The number of aldehydes is 1. The molecule has 0 unspecified atom stereocenters. The van der Waals surface area contributed by atoms with Gasteiger partial charge in [0.05, 0.1) is 18.4 Å². The predicted molar refractivity (Wildman–Crippen MR) is 53.8 cm³/mol. The lowest BCUT2D eigenvalue weighted by Crippen LogP contribution is -1.94. The smallest absolute Gasteiger partial charge is 0.153 e. The Kier molecular flexibility index (Phi) is 3.29. The van der Waals surface area contributed by atoms with Crippen molar-refractivity contribution in [2.24, 2.45) is 0 Å². The Labute approximate surface area is 83.0 Å². The van der Waals surface area contributed by atoms with Crippen molar-refractivity contribution >= 4 is 6.29 Å². The van der Waals surface area contributed by atoms with E-state index in [2.05, 4.69) is 6.58 Å². The third-order valence-corrected chi connectivity index (χ3v) is 1.63. The number of hydrogen-bond acceptors (Lipinski definition) is 3. The highest BCUT2D eigenvalue weighted by Gasteiger charge is 2.04. The molecule has 0 saturated carbocycles. The molecule has 0 aliphatic carbocycles. The minimum absolute atomic E-state index is 0.465. The van der Waals surface area contributed by atoms with Gasteiger partial charge < -0.3 is 9.47 Å². The number of methoxy groups -OCH3 is 1. The van der Waals surface area contributed by atoms with E-state index in [1.165, 1.54) is 0 Å². The first-order chi connectivity index (χ1) is 6.67. The third kappa shape index (κ3) is 2.36. The number of carbonyl (C=O) groups excluding carboxylic acids is 1. The van der Waals surface area contributed by atoms with Gasteiger partial charge in [0.25, 0.3) is 0 Å². The Hall–Kier alpha value is -1.77. The van der Waals surface area contributed by atoms with Crippen LogP contribution in [-0.4, -0.2) is 13.4 Å². The maximum atomic E-state index is 10.7. The van der Waals surface area contributed by atoms with Gasteiger partial charge in [-0.2, -0.15) is 0 Å². The Morgan fingerprint density at radius 2 is 2.21 bits per heavy atom. The standard InChI is InChI=1S/C11H12O3/c1-8(2)14-11-6-10(13-3)5-4-9(11)7-12/h4-7H,1H2,2-3H3. The van der Waals surface area contributed by atoms with Crippen LogP contribution in [-0.2, 0) is 0 Å². The monoisotopic (exact) mass is 192 g/mol. The number of benzene rings is 1. The molecule has 0 heterocycles. The summed E-state index contributed by atoms with van der Waals surface area (Å²) in [7, 11) is 1.56. The fraction of sp³-hybridized carbons (Fsp3) is 0.182. The lowest BCUT2D eigenvalue weighted by molar-refractivity contribution is 0.112. The van der Waals surface area contributed by atoms with Gasteiger partial charge in [0.2, 0.25) is 0 Å². The van der Waals surface area contributed by atoms with Crippen LogP contribution >= 0.6 is 0 Å². The molecule has 0 amide bonds. The number of hydrogen-bond donors (Lipinski definition) is 0. The normalized spacial score (nSPS) is 9.29. The van der Waals surface area contributed by atoms with Gasteiger partial charge in [0.1, 0.15) is 11.5 Å². The van der Waals surface area contributed by atoms with Crippen LogP contribution in [0.1, 0.15) is 17.3 Å². The molecular formula is C11H12O3. The van der Waals surface area contributed by atoms with Gasteiger partial charge in [-0.15, -0.1) is 0 Å². The minimum Gasteiger partial charge on any atom is -0.497 e. The molecular weight excluding hydrogens is 180 g/mol. The quantitative estimate of drug-likeness (QED) is 0.543. The SMILES string of the molecule is C=C(C)Oc1cc(OC)ccc1C=O. The van der Waals surface area contributed by atoms with Crippen molar-refractivity contribution in [3.63, 3.8) is 0 Å². The zero-order valence-corrected chi connectivity index (χ0v) is 8.24. The summed E-state index contributed by atoms with van der Waals surface area (Å²) in [5.41, 5.74) is 0.480. The summed E-state index contributed by atoms with van der Waals surface area (Å²) in [6, 6.07) is 5.00. The van der Waals surface area contributed by atoms with Gasteiger partial charge in [-0.1, -0.05) is 6.58 Å². The summed E-state index contributed by atoms with van der Waals surface area (Å²) in [6.07, 6.45) is 0.734. The molecule has 14 heavy (non-hydrogen) atoms. The van der Waals surface area contributed by atoms with Crippen LogP contribution in [0, 0.1) is 0 Å². The van der Waals surface area contributed by atoms with Crippen LogP contribution in [0.3, 0.4) is 0 Å². The molecule has 3 nitrogen and oxygen atoms in total. The second kappa shape index (κ2) is 4.46.